The van der Waals surface area contributed by atoms with Crippen LogP contribution in [0.1, 0.15) is 12.8 Å². The van der Waals surface area contributed by atoms with E-state index in [9.17, 15) is 8.42 Å². The highest BCUT2D eigenvalue weighted by Crippen LogP contribution is 2.17. The molecule has 0 spiro atoms. The highest BCUT2D eigenvalue weighted by molar-refractivity contribution is 7.91. The fourth-order valence-corrected chi connectivity index (χ4v) is 3.45. The molecule has 0 unspecified atom stereocenters. The lowest BCUT2D eigenvalue weighted by Crippen LogP contribution is -2.33. The van der Waals surface area contributed by atoms with Gasteiger partial charge in [-0.05, 0) is 12.8 Å². The third-order valence-corrected chi connectivity index (χ3v) is 4.85. The van der Waals surface area contributed by atoms with Crippen LogP contribution in [0.25, 0.3) is 0 Å². The van der Waals surface area contributed by atoms with Crippen LogP contribution in [-0.2, 0) is 9.84 Å². The van der Waals surface area contributed by atoms with Crippen LogP contribution in [-0.4, -0.2) is 62.1 Å². The predicted molar refractivity (Wildman–Crippen MR) is 79.0 cm³/mol. The minimum absolute atomic E-state index is 0.0839. The molecule has 0 atom stereocenters. The molecule has 2 heterocycles. The van der Waals surface area contributed by atoms with E-state index in [0.717, 1.165) is 0 Å². The second-order valence-electron chi connectivity index (χ2n) is 5.00. The third kappa shape index (κ3) is 3.69. The van der Waals surface area contributed by atoms with Crippen molar-refractivity contribution in [2.45, 2.75) is 18.9 Å². The Morgan fingerprint density at radius 1 is 1.10 bits per heavy atom. The molecule has 1 aliphatic heterocycles. The predicted octanol–water partition coefficient (Wildman–Crippen LogP) is -0.0316. The number of nitrogens with zero attached hydrogens (tertiary/aromatic N) is 4. The molecular weight excluding hydrogens is 280 g/mol. The summed E-state index contributed by atoms with van der Waals surface area (Å²) >= 11 is 0. The number of sulfone groups is 1. The highest BCUT2D eigenvalue weighted by Gasteiger charge is 2.24. The number of aromatic nitrogens is 3. The Morgan fingerprint density at radius 3 is 2.25 bits per heavy atom. The molecule has 0 radical (unpaired) electrons. The fourth-order valence-electron chi connectivity index (χ4n) is 1.96. The van der Waals surface area contributed by atoms with Gasteiger partial charge in [0.15, 0.2) is 0 Å². The van der Waals surface area contributed by atoms with Crippen LogP contribution in [0.5, 0.6) is 0 Å². The van der Waals surface area contributed by atoms with Crippen molar-refractivity contribution in [3.05, 3.63) is 0 Å². The van der Waals surface area contributed by atoms with E-state index >= 15 is 0 Å². The molecule has 0 bridgehead atoms. The van der Waals surface area contributed by atoms with Gasteiger partial charge in [-0.1, -0.05) is 0 Å². The van der Waals surface area contributed by atoms with Crippen molar-refractivity contribution in [2.24, 2.45) is 0 Å². The van der Waals surface area contributed by atoms with Gasteiger partial charge in [0.05, 0.1) is 11.5 Å². The van der Waals surface area contributed by atoms with Gasteiger partial charge in [-0.3, -0.25) is 0 Å². The Hall–Kier alpha value is -1.64. The van der Waals surface area contributed by atoms with Gasteiger partial charge < -0.3 is 15.5 Å². The summed E-state index contributed by atoms with van der Waals surface area (Å²) in [5, 5.41) is 6.08. The van der Waals surface area contributed by atoms with Gasteiger partial charge in [-0.2, -0.15) is 15.0 Å². The summed E-state index contributed by atoms with van der Waals surface area (Å²) in [5.74, 6) is 1.94. The van der Waals surface area contributed by atoms with Crippen molar-refractivity contribution in [2.75, 3.05) is 48.2 Å². The second kappa shape index (κ2) is 5.78. The van der Waals surface area contributed by atoms with Gasteiger partial charge in [0.2, 0.25) is 17.8 Å². The molecule has 9 heteroatoms. The van der Waals surface area contributed by atoms with Crippen molar-refractivity contribution in [3.63, 3.8) is 0 Å². The average molecular weight is 300 g/mol. The molecule has 1 aromatic heterocycles. The van der Waals surface area contributed by atoms with Crippen LogP contribution >= 0.6 is 0 Å². The Balaban J connectivity index is 2.11. The fraction of sp³-hybridized carbons (Fsp3) is 0.727. The zero-order valence-electron chi connectivity index (χ0n) is 11.9. The van der Waals surface area contributed by atoms with E-state index in [1.807, 2.05) is 14.1 Å². The van der Waals surface area contributed by atoms with E-state index in [2.05, 4.69) is 25.6 Å². The van der Waals surface area contributed by atoms with Crippen LogP contribution in [0, 0.1) is 0 Å². The molecule has 2 N–H and O–H groups in total. The minimum Gasteiger partial charge on any atom is -0.357 e. The van der Waals surface area contributed by atoms with E-state index in [-0.39, 0.29) is 17.5 Å². The number of rotatable bonds is 4. The van der Waals surface area contributed by atoms with Gasteiger partial charge in [0, 0.05) is 27.2 Å². The average Bonchev–Trinajstić information content (AvgIpc) is 2.41. The molecular formula is C11H20N6O2S. The van der Waals surface area contributed by atoms with Crippen LogP contribution in [0.4, 0.5) is 17.8 Å². The standard InChI is InChI=1S/C11H20N6O2S/c1-12-9-14-10(16-11(15-9)17(2)3)13-8-4-6-20(18,19)7-5-8/h8H,4-7H2,1-3H3,(H2,12,13,14,15,16). The summed E-state index contributed by atoms with van der Waals surface area (Å²) in [4.78, 5) is 14.6. The smallest absolute Gasteiger partial charge is 0.231 e. The van der Waals surface area contributed by atoms with Gasteiger partial charge in [-0.25, -0.2) is 8.42 Å². The van der Waals surface area contributed by atoms with Crippen molar-refractivity contribution in [3.8, 4) is 0 Å². The number of hydrogen-bond acceptors (Lipinski definition) is 8. The van der Waals surface area contributed by atoms with Crippen molar-refractivity contribution >= 4 is 27.7 Å². The molecule has 0 aromatic carbocycles. The maximum atomic E-state index is 11.4. The molecule has 0 saturated carbocycles. The molecule has 0 aliphatic carbocycles. The van der Waals surface area contributed by atoms with Crippen molar-refractivity contribution in [1.82, 2.24) is 15.0 Å². The van der Waals surface area contributed by atoms with E-state index in [0.29, 0.717) is 30.7 Å². The summed E-state index contributed by atoms with van der Waals surface area (Å²) in [6, 6.07) is 0.0839. The first-order chi connectivity index (χ1) is 9.39. The molecule has 0 amide bonds. The molecule has 1 saturated heterocycles. The molecule has 8 nitrogen and oxygen atoms in total. The molecule has 1 fully saturated rings. The molecule has 20 heavy (non-hydrogen) atoms. The Kier molecular flexibility index (Phi) is 4.26. The zero-order valence-corrected chi connectivity index (χ0v) is 12.7. The van der Waals surface area contributed by atoms with Crippen LogP contribution in [0.2, 0.25) is 0 Å². The quantitative estimate of drug-likeness (QED) is 0.799. The van der Waals surface area contributed by atoms with Crippen LogP contribution < -0.4 is 15.5 Å². The summed E-state index contributed by atoms with van der Waals surface area (Å²) in [5.41, 5.74) is 0. The zero-order chi connectivity index (χ0) is 14.8. The largest absolute Gasteiger partial charge is 0.357 e. The number of nitrogens with one attached hydrogen (secondary N) is 2. The number of hydrogen-bond donors (Lipinski definition) is 2. The maximum Gasteiger partial charge on any atom is 0.231 e. The first-order valence-electron chi connectivity index (χ1n) is 6.48. The highest BCUT2D eigenvalue weighted by atomic mass is 32.2. The van der Waals surface area contributed by atoms with Gasteiger partial charge >= 0.3 is 0 Å². The van der Waals surface area contributed by atoms with E-state index < -0.39 is 9.84 Å². The van der Waals surface area contributed by atoms with Crippen molar-refractivity contribution < 1.29 is 8.42 Å². The first kappa shape index (κ1) is 14.8. The Bertz CT molecular complexity index is 560. The topological polar surface area (TPSA) is 100 Å². The van der Waals surface area contributed by atoms with Crippen LogP contribution in [0.15, 0.2) is 0 Å². The summed E-state index contributed by atoms with van der Waals surface area (Å²) < 4.78 is 22.8. The summed E-state index contributed by atoms with van der Waals surface area (Å²) in [7, 11) is 2.59. The minimum atomic E-state index is -2.86. The van der Waals surface area contributed by atoms with E-state index in [4.69, 9.17) is 0 Å². The normalized spacial score (nSPS) is 18.6. The number of anilines is 3. The van der Waals surface area contributed by atoms with E-state index in [1.165, 1.54) is 0 Å². The molecule has 1 aromatic rings. The van der Waals surface area contributed by atoms with Gasteiger partial charge in [0.1, 0.15) is 9.84 Å². The maximum absolute atomic E-state index is 11.4. The van der Waals surface area contributed by atoms with Gasteiger partial charge in [-0.15, -0.1) is 0 Å². The molecule has 2 rings (SSSR count). The van der Waals surface area contributed by atoms with E-state index in [1.54, 1.807) is 11.9 Å². The lowest BCUT2D eigenvalue weighted by atomic mass is 10.2. The second-order valence-corrected chi connectivity index (χ2v) is 7.30. The Morgan fingerprint density at radius 2 is 1.70 bits per heavy atom. The monoisotopic (exact) mass is 300 g/mol. The molecule has 112 valence electrons. The lowest BCUT2D eigenvalue weighted by Gasteiger charge is -2.23. The Labute approximate surface area is 118 Å². The van der Waals surface area contributed by atoms with Crippen molar-refractivity contribution in [1.29, 1.82) is 0 Å². The third-order valence-electron chi connectivity index (χ3n) is 3.14. The lowest BCUT2D eigenvalue weighted by molar-refractivity contribution is 0.558. The summed E-state index contributed by atoms with van der Waals surface area (Å²) in [6.07, 6.45) is 1.17. The van der Waals surface area contributed by atoms with Crippen LogP contribution in [0.3, 0.4) is 0 Å². The SMILES string of the molecule is CNc1nc(NC2CCS(=O)(=O)CC2)nc(N(C)C)n1. The van der Waals surface area contributed by atoms with Gasteiger partial charge in [0.25, 0.3) is 0 Å². The first-order valence-corrected chi connectivity index (χ1v) is 8.30. The summed E-state index contributed by atoms with van der Waals surface area (Å²) in [6.45, 7) is 0. The molecule has 1 aliphatic rings.